The van der Waals surface area contributed by atoms with E-state index in [0.717, 1.165) is 32.1 Å². The van der Waals surface area contributed by atoms with Crippen LogP contribution in [0.1, 0.15) is 107 Å². The summed E-state index contributed by atoms with van der Waals surface area (Å²) in [6.45, 7) is 15.6. The molecule has 0 saturated carbocycles. The van der Waals surface area contributed by atoms with Crippen molar-refractivity contribution in [2.24, 2.45) is 35.5 Å². The van der Waals surface area contributed by atoms with Gasteiger partial charge in [-0.1, -0.05) is 41.5 Å². The number of aliphatic hydroxyl groups excluding tert-OH is 2. The summed E-state index contributed by atoms with van der Waals surface area (Å²) in [7, 11) is 1.52. The number of methoxy groups -OCH3 is 1. The molecule has 0 radical (unpaired) electrons. The summed E-state index contributed by atoms with van der Waals surface area (Å²) in [5, 5.41) is 41.8. The lowest BCUT2D eigenvalue weighted by Crippen LogP contribution is -2.57. The summed E-state index contributed by atoms with van der Waals surface area (Å²) < 4.78 is 39.4. The molecule has 1 spiro atoms. The van der Waals surface area contributed by atoms with Crippen molar-refractivity contribution in [2.45, 2.75) is 172 Å². The summed E-state index contributed by atoms with van der Waals surface area (Å²) in [6.07, 6.45) is 2.99. The average molecular weight is 671 g/mol. The van der Waals surface area contributed by atoms with E-state index in [0.29, 0.717) is 19.3 Å². The first-order valence-electron chi connectivity index (χ1n) is 18.1. The van der Waals surface area contributed by atoms with Gasteiger partial charge in [-0.2, -0.15) is 0 Å². The Morgan fingerprint density at radius 1 is 1.02 bits per heavy atom. The third-order valence-electron chi connectivity index (χ3n) is 13.0. The molecule has 5 heterocycles. The molecule has 17 atom stereocenters. The van der Waals surface area contributed by atoms with E-state index < -0.39 is 59.6 Å². The number of hydrogen-bond donors (Lipinski definition) is 4. The highest BCUT2D eigenvalue weighted by Gasteiger charge is 2.62. The van der Waals surface area contributed by atoms with Gasteiger partial charge in [0.25, 0.3) is 0 Å². The van der Waals surface area contributed by atoms with Crippen LogP contribution in [0, 0.1) is 35.5 Å². The molecule has 5 fully saturated rings. The first-order valence-corrected chi connectivity index (χ1v) is 18.1. The third-order valence-corrected chi connectivity index (χ3v) is 13.0. The second-order valence-electron chi connectivity index (χ2n) is 16.3. The number of hydrogen-bond acceptors (Lipinski definition) is 10. The monoisotopic (exact) mass is 670 g/mol. The quantitative estimate of drug-likeness (QED) is 0.264. The van der Waals surface area contributed by atoms with E-state index in [4.69, 9.17) is 28.4 Å². The number of aliphatic carboxylic acids is 1. The van der Waals surface area contributed by atoms with E-state index in [9.17, 15) is 25.2 Å². The van der Waals surface area contributed by atoms with E-state index in [1.54, 1.807) is 6.92 Å². The zero-order valence-corrected chi connectivity index (χ0v) is 30.0. The van der Waals surface area contributed by atoms with Crippen molar-refractivity contribution in [3.8, 4) is 0 Å². The van der Waals surface area contributed by atoms with Crippen LogP contribution in [0.15, 0.2) is 0 Å². The SMILES string of the molecule is CC[C@@]1([C@@H]2O[C@@H]([C@H]3O[C@@](O)(CO)[C@H](C)C[C@@H]3C)C[C@@H]2C)CC[C@@H]([C@]2(C)CCC3(C[C@H](O)[C@@H](C)[C@@H]([C@@H](C)[C@@H](OC)[C@H](C)C(=O)O)O3)O2)O1. The summed E-state index contributed by atoms with van der Waals surface area (Å²) in [5.74, 6) is -4.52. The Kier molecular flexibility index (Phi) is 10.9. The maximum absolute atomic E-state index is 11.8. The molecule has 5 rings (SSSR count). The van der Waals surface area contributed by atoms with Crippen LogP contribution in [0.5, 0.6) is 0 Å². The molecule has 0 aromatic heterocycles. The highest BCUT2D eigenvalue weighted by atomic mass is 16.7. The number of carboxylic acids is 1. The predicted octanol–water partition coefficient (Wildman–Crippen LogP) is 4.27. The Hall–Kier alpha value is -0.890. The minimum atomic E-state index is -1.56. The third kappa shape index (κ3) is 6.67. The molecule has 0 amide bonds. The van der Waals surface area contributed by atoms with E-state index in [1.807, 2.05) is 20.8 Å². The number of rotatable bonds is 10. The molecule has 272 valence electrons. The summed E-state index contributed by atoms with van der Waals surface area (Å²) >= 11 is 0. The zero-order valence-electron chi connectivity index (χ0n) is 30.0. The molecular weight excluding hydrogens is 608 g/mol. The van der Waals surface area contributed by atoms with Gasteiger partial charge in [0.05, 0.1) is 66.5 Å². The van der Waals surface area contributed by atoms with Crippen LogP contribution < -0.4 is 0 Å². The molecular formula is C36H62O11. The van der Waals surface area contributed by atoms with E-state index in [2.05, 4.69) is 27.7 Å². The fraction of sp³-hybridized carbons (Fsp3) is 0.972. The van der Waals surface area contributed by atoms with Gasteiger partial charge in [0, 0.05) is 37.7 Å². The molecule has 47 heavy (non-hydrogen) atoms. The van der Waals surface area contributed by atoms with Crippen LogP contribution in [0.25, 0.3) is 0 Å². The van der Waals surface area contributed by atoms with Gasteiger partial charge >= 0.3 is 5.97 Å². The minimum Gasteiger partial charge on any atom is -0.481 e. The fourth-order valence-corrected chi connectivity index (χ4v) is 9.91. The van der Waals surface area contributed by atoms with Gasteiger partial charge in [-0.25, -0.2) is 0 Å². The first kappa shape index (κ1) is 37.4. The number of ether oxygens (including phenoxy) is 6. The number of aliphatic hydroxyl groups is 3. The molecule has 5 aliphatic rings. The second-order valence-corrected chi connectivity index (χ2v) is 16.3. The first-order chi connectivity index (χ1) is 22.0. The maximum atomic E-state index is 11.8. The van der Waals surface area contributed by atoms with Crippen LogP contribution in [-0.2, 0) is 33.2 Å². The topological polar surface area (TPSA) is 153 Å². The lowest BCUT2D eigenvalue weighted by Gasteiger charge is -2.49. The van der Waals surface area contributed by atoms with Gasteiger partial charge in [0.2, 0.25) is 0 Å². The Morgan fingerprint density at radius 3 is 2.34 bits per heavy atom. The second kappa shape index (κ2) is 13.7. The average Bonchev–Trinajstić information content (AvgIpc) is 3.73. The fourth-order valence-electron chi connectivity index (χ4n) is 9.91. The van der Waals surface area contributed by atoms with Crippen LogP contribution in [0.3, 0.4) is 0 Å². The van der Waals surface area contributed by atoms with Gasteiger partial charge < -0.3 is 48.8 Å². The molecule has 0 bridgehead atoms. The molecule has 0 aromatic rings. The minimum absolute atomic E-state index is 0.153. The number of carbonyl (C=O) groups is 1. The van der Waals surface area contributed by atoms with Crippen LogP contribution in [-0.4, -0.2) is 106 Å². The van der Waals surface area contributed by atoms with Crippen molar-refractivity contribution in [1.29, 1.82) is 0 Å². The van der Waals surface area contributed by atoms with Gasteiger partial charge in [-0.05, 0) is 64.2 Å². The van der Waals surface area contributed by atoms with Crippen LogP contribution >= 0.6 is 0 Å². The van der Waals surface area contributed by atoms with Gasteiger partial charge in [-0.15, -0.1) is 0 Å². The Labute approximate surface area is 281 Å². The van der Waals surface area contributed by atoms with Gasteiger partial charge in [0.1, 0.15) is 0 Å². The maximum Gasteiger partial charge on any atom is 0.308 e. The highest BCUT2D eigenvalue weighted by molar-refractivity contribution is 5.70. The Morgan fingerprint density at radius 2 is 1.72 bits per heavy atom. The largest absolute Gasteiger partial charge is 0.481 e. The molecule has 0 aromatic carbocycles. The Bertz CT molecular complexity index is 1110. The summed E-state index contributed by atoms with van der Waals surface area (Å²) in [6, 6.07) is 0. The van der Waals surface area contributed by atoms with Crippen molar-refractivity contribution in [3.05, 3.63) is 0 Å². The van der Waals surface area contributed by atoms with Crippen molar-refractivity contribution in [1.82, 2.24) is 0 Å². The molecule has 0 aliphatic carbocycles. The zero-order chi connectivity index (χ0) is 34.7. The lowest BCUT2D eigenvalue weighted by atomic mass is 9.78. The summed E-state index contributed by atoms with van der Waals surface area (Å²) in [5.41, 5.74) is -1.15. The van der Waals surface area contributed by atoms with Gasteiger partial charge in [0.15, 0.2) is 11.6 Å². The smallest absolute Gasteiger partial charge is 0.308 e. The van der Waals surface area contributed by atoms with E-state index in [-0.39, 0.29) is 54.0 Å². The van der Waals surface area contributed by atoms with Gasteiger partial charge in [-0.3, -0.25) is 4.79 Å². The molecule has 4 N–H and O–H groups in total. The van der Waals surface area contributed by atoms with Crippen molar-refractivity contribution < 1.29 is 53.6 Å². The molecule has 1 unspecified atom stereocenters. The standard InChI is InChI=1S/C36H62O11/c1-10-34(31-20(3)16-26(43-31)28-19(2)15-21(4)36(41,18-37)46-28)12-11-27(44-34)33(8)13-14-35(47-33)17-25(38)22(5)30(45-35)23(6)29(42-9)24(7)32(39)40/h19-31,37-38,41H,10-18H2,1-9H3,(H,39,40)/t19-,20-,21+,22+,23-,24-,25-,26+,27-,28-,29+,30-,31+,33-,34-,35?,36-/m0/s1. The lowest BCUT2D eigenvalue weighted by molar-refractivity contribution is -0.336. The normalized spacial score (nSPS) is 50.9. The summed E-state index contributed by atoms with van der Waals surface area (Å²) in [4.78, 5) is 11.8. The van der Waals surface area contributed by atoms with Crippen LogP contribution in [0.4, 0.5) is 0 Å². The predicted molar refractivity (Wildman–Crippen MR) is 172 cm³/mol. The molecule has 11 nitrogen and oxygen atoms in total. The van der Waals surface area contributed by atoms with E-state index >= 15 is 0 Å². The van der Waals surface area contributed by atoms with Crippen molar-refractivity contribution in [3.63, 3.8) is 0 Å². The van der Waals surface area contributed by atoms with Crippen LogP contribution in [0.2, 0.25) is 0 Å². The highest BCUT2D eigenvalue weighted by Crippen LogP contribution is 2.55. The van der Waals surface area contributed by atoms with Crippen molar-refractivity contribution in [2.75, 3.05) is 13.7 Å². The number of carboxylic acid groups (broad SMARTS) is 1. The molecule has 5 aliphatic heterocycles. The Balaban J connectivity index is 1.29. The molecule has 11 heteroatoms. The van der Waals surface area contributed by atoms with Crippen molar-refractivity contribution >= 4 is 5.97 Å². The van der Waals surface area contributed by atoms with E-state index in [1.165, 1.54) is 7.11 Å². The molecule has 5 saturated heterocycles.